The van der Waals surface area contributed by atoms with Crippen LogP contribution in [0.25, 0.3) is 0 Å². The summed E-state index contributed by atoms with van der Waals surface area (Å²) in [5, 5.41) is 9.11. The van der Waals surface area contributed by atoms with Crippen molar-refractivity contribution < 1.29 is 9.84 Å². The largest absolute Gasteiger partial charge is 0.491 e. The Morgan fingerprint density at radius 3 is 3.00 bits per heavy atom. The monoisotopic (exact) mass is 187 g/mol. The Labute approximate surface area is 76.0 Å². The van der Waals surface area contributed by atoms with Crippen LogP contribution < -0.4 is 4.74 Å². The second-order valence-electron chi connectivity index (χ2n) is 2.22. The first kappa shape index (κ1) is 9.29. The minimum Gasteiger partial charge on any atom is -0.491 e. The van der Waals surface area contributed by atoms with Gasteiger partial charge in [-0.2, -0.15) is 0 Å². The van der Waals surface area contributed by atoms with Crippen molar-refractivity contribution in [2.75, 3.05) is 6.61 Å². The molecular weight excluding hydrogens is 178 g/mol. The van der Waals surface area contributed by atoms with Crippen LogP contribution in [-0.2, 0) is 6.61 Å². The highest BCUT2D eigenvalue weighted by Crippen LogP contribution is 2.22. The van der Waals surface area contributed by atoms with E-state index >= 15 is 0 Å². The van der Waals surface area contributed by atoms with Gasteiger partial charge in [0.15, 0.2) is 10.9 Å². The number of aromatic nitrogens is 1. The number of nitrogens with zero attached hydrogens (tertiary/aromatic N) is 1. The summed E-state index contributed by atoms with van der Waals surface area (Å²) in [5.74, 6) is 0.519. The van der Waals surface area contributed by atoms with E-state index in [4.69, 9.17) is 21.4 Å². The molecule has 0 saturated heterocycles. The van der Waals surface area contributed by atoms with Gasteiger partial charge in [-0.15, -0.1) is 0 Å². The number of halogens is 1. The number of aliphatic hydroxyl groups excluding tert-OH is 1. The molecule has 0 aliphatic heterocycles. The summed E-state index contributed by atoms with van der Waals surface area (Å²) in [6.45, 7) is 2.35. The van der Waals surface area contributed by atoms with E-state index in [0.29, 0.717) is 23.1 Å². The average Bonchev–Trinajstić information content (AvgIpc) is 2.09. The van der Waals surface area contributed by atoms with Gasteiger partial charge >= 0.3 is 0 Å². The van der Waals surface area contributed by atoms with Crippen molar-refractivity contribution in [3.05, 3.63) is 23.0 Å². The molecule has 0 atom stereocenters. The molecule has 0 radical (unpaired) electrons. The minimum absolute atomic E-state index is 0.0513. The summed E-state index contributed by atoms with van der Waals surface area (Å²) in [5.41, 5.74) is 0.697. The van der Waals surface area contributed by atoms with Gasteiger partial charge in [0, 0.05) is 6.20 Å². The molecule has 3 nitrogen and oxygen atoms in total. The maximum Gasteiger partial charge on any atom is 0.171 e. The molecule has 0 amide bonds. The molecule has 0 bridgehead atoms. The van der Waals surface area contributed by atoms with Gasteiger partial charge in [0.25, 0.3) is 0 Å². The van der Waals surface area contributed by atoms with E-state index in [0.717, 1.165) is 0 Å². The lowest BCUT2D eigenvalue weighted by Gasteiger charge is -2.05. The van der Waals surface area contributed by atoms with E-state index in [2.05, 4.69) is 4.98 Å². The van der Waals surface area contributed by atoms with Gasteiger partial charge in [-0.1, -0.05) is 11.6 Å². The fraction of sp³-hybridized carbons (Fsp3) is 0.375. The molecule has 0 fully saturated rings. The molecule has 0 aromatic carbocycles. The van der Waals surface area contributed by atoms with E-state index in [9.17, 15) is 0 Å². The predicted molar refractivity (Wildman–Crippen MR) is 46.3 cm³/mol. The quantitative estimate of drug-likeness (QED) is 0.732. The maximum atomic E-state index is 8.78. The van der Waals surface area contributed by atoms with Crippen LogP contribution >= 0.6 is 11.6 Å². The third-order valence-corrected chi connectivity index (χ3v) is 1.63. The van der Waals surface area contributed by atoms with E-state index < -0.39 is 0 Å². The normalized spacial score (nSPS) is 9.92. The number of aliphatic hydroxyl groups is 1. The third kappa shape index (κ3) is 2.09. The Hall–Kier alpha value is -0.800. The Balaban J connectivity index is 2.91. The van der Waals surface area contributed by atoms with Gasteiger partial charge in [-0.05, 0) is 18.6 Å². The lowest BCUT2D eigenvalue weighted by molar-refractivity contribution is 0.279. The lowest BCUT2D eigenvalue weighted by Crippen LogP contribution is -1.95. The SMILES string of the molecule is CCOc1cc(CO)cnc1Cl. The Morgan fingerprint density at radius 1 is 1.67 bits per heavy atom. The first-order valence-electron chi connectivity index (χ1n) is 3.66. The molecule has 0 unspecified atom stereocenters. The fourth-order valence-corrected chi connectivity index (χ4v) is 0.970. The second kappa shape index (κ2) is 4.28. The minimum atomic E-state index is -0.0513. The molecule has 1 heterocycles. The zero-order valence-corrected chi connectivity index (χ0v) is 7.51. The summed E-state index contributed by atoms with van der Waals surface area (Å²) in [6, 6.07) is 1.68. The molecule has 0 saturated carbocycles. The predicted octanol–water partition coefficient (Wildman–Crippen LogP) is 1.63. The number of ether oxygens (including phenoxy) is 1. The molecule has 1 aromatic heterocycles. The summed E-state index contributed by atoms with van der Waals surface area (Å²) in [4.78, 5) is 3.85. The highest BCUT2D eigenvalue weighted by atomic mass is 35.5. The van der Waals surface area contributed by atoms with Crippen LogP contribution in [0.5, 0.6) is 5.75 Å². The van der Waals surface area contributed by atoms with Crippen LogP contribution in [0.15, 0.2) is 12.3 Å². The molecule has 66 valence electrons. The molecule has 0 spiro atoms. The van der Waals surface area contributed by atoms with Crippen molar-refractivity contribution >= 4 is 11.6 Å². The van der Waals surface area contributed by atoms with Gasteiger partial charge in [-0.25, -0.2) is 4.98 Å². The van der Waals surface area contributed by atoms with Gasteiger partial charge in [0.2, 0.25) is 0 Å². The van der Waals surface area contributed by atoms with Crippen LogP contribution in [0.4, 0.5) is 0 Å². The first-order valence-corrected chi connectivity index (χ1v) is 4.03. The molecule has 0 aliphatic rings. The molecule has 12 heavy (non-hydrogen) atoms. The van der Waals surface area contributed by atoms with Gasteiger partial charge < -0.3 is 9.84 Å². The molecule has 4 heteroatoms. The Morgan fingerprint density at radius 2 is 2.42 bits per heavy atom. The topological polar surface area (TPSA) is 42.4 Å². The molecular formula is C8H10ClNO2. The van der Waals surface area contributed by atoms with Crippen molar-refractivity contribution in [3.63, 3.8) is 0 Å². The number of rotatable bonds is 3. The van der Waals surface area contributed by atoms with Crippen LogP contribution in [-0.4, -0.2) is 16.7 Å². The van der Waals surface area contributed by atoms with Crippen LogP contribution in [0.3, 0.4) is 0 Å². The van der Waals surface area contributed by atoms with Gasteiger partial charge in [0.1, 0.15) is 0 Å². The average molecular weight is 188 g/mol. The molecule has 1 rings (SSSR count). The molecule has 0 aliphatic carbocycles. The zero-order chi connectivity index (χ0) is 8.97. The van der Waals surface area contributed by atoms with Crippen molar-refractivity contribution in [1.29, 1.82) is 0 Å². The standard InChI is InChI=1S/C8H10ClNO2/c1-2-12-7-3-6(5-11)4-10-8(7)9/h3-4,11H,2,5H2,1H3. The van der Waals surface area contributed by atoms with E-state index in [1.165, 1.54) is 6.20 Å². The highest BCUT2D eigenvalue weighted by Gasteiger charge is 2.02. The van der Waals surface area contributed by atoms with Gasteiger partial charge in [0.05, 0.1) is 13.2 Å². The van der Waals surface area contributed by atoms with Gasteiger partial charge in [-0.3, -0.25) is 0 Å². The summed E-state index contributed by atoms with van der Waals surface area (Å²) in [7, 11) is 0. The maximum absolute atomic E-state index is 8.78. The summed E-state index contributed by atoms with van der Waals surface area (Å²) < 4.78 is 5.17. The van der Waals surface area contributed by atoms with Crippen molar-refractivity contribution in [1.82, 2.24) is 4.98 Å². The second-order valence-corrected chi connectivity index (χ2v) is 2.58. The van der Waals surface area contributed by atoms with Crippen molar-refractivity contribution in [2.45, 2.75) is 13.5 Å². The first-order chi connectivity index (χ1) is 5.77. The number of hydrogen-bond acceptors (Lipinski definition) is 3. The van der Waals surface area contributed by atoms with Crippen molar-refractivity contribution in [2.24, 2.45) is 0 Å². The van der Waals surface area contributed by atoms with Crippen LogP contribution in [0.2, 0.25) is 5.15 Å². The Bertz CT molecular complexity index is 265. The summed E-state index contributed by atoms with van der Waals surface area (Å²) in [6.07, 6.45) is 1.52. The van der Waals surface area contributed by atoms with Crippen LogP contribution in [0.1, 0.15) is 12.5 Å². The number of pyridine rings is 1. The van der Waals surface area contributed by atoms with Crippen molar-refractivity contribution in [3.8, 4) is 5.75 Å². The highest BCUT2D eigenvalue weighted by molar-refractivity contribution is 6.30. The smallest absolute Gasteiger partial charge is 0.171 e. The lowest BCUT2D eigenvalue weighted by atomic mass is 10.3. The van der Waals surface area contributed by atoms with Crippen LogP contribution in [0, 0.1) is 0 Å². The van der Waals surface area contributed by atoms with E-state index in [1.807, 2.05) is 6.92 Å². The summed E-state index contributed by atoms with van der Waals surface area (Å²) >= 11 is 5.71. The fourth-order valence-electron chi connectivity index (χ4n) is 0.812. The third-order valence-electron chi connectivity index (χ3n) is 1.35. The molecule has 1 N–H and O–H groups in total. The Kier molecular flexibility index (Phi) is 3.31. The number of hydrogen-bond donors (Lipinski definition) is 1. The zero-order valence-electron chi connectivity index (χ0n) is 6.75. The van der Waals surface area contributed by atoms with E-state index in [-0.39, 0.29) is 6.61 Å². The van der Waals surface area contributed by atoms with E-state index in [1.54, 1.807) is 6.07 Å². The molecule has 1 aromatic rings.